The molecule has 0 saturated carbocycles. The summed E-state index contributed by atoms with van der Waals surface area (Å²) in [6.45, 7) is 0.0968. The Kier molecular flexibility index (Phi) is 6.96. The Hall–Kier alpha value is -3.75. The van der Waals surface area contributed by atoms with E-state index in [1.807, 2.05) is 0 Å². The summed E-state index contributed by atoms with van der Waals surface area (Å²) in [5.74, 6) is 1.15. The van der Waals surface area contributed by atoms with Crippen molar-refractivity contribution in [2.45, 2.75) is 25.4 Å². The van der Waals surface area contributed by atoms with Gasteiger partial charge in [0.05, 0.1) is 27.9 Å². The fourth-order valence-corrected chi connectivity index (χ4v) is 3.26. The topological polar surface area (TPSA) is 106 Å². The molecule has 0 aromatic heterocycles. The number of anilines is 1. The molecule has 9 heteroatoms. The van der Waals surface area contributed by atoms with Crippen molar-refractivity contribution in [3.8, 4) is 17.2 Å². The van der Waals surface area contributed by atoms with Crippen molar-refractivity contribution in [3.05, 3.63) is 48.0 Å². The third-order valence-corrected chi connectivity index (χ3v) is 4.93. The van der Waals surface area contributed by atoms with Crippen LogP contribution in [-0.2, 0) is 16.1 Å². The van der Waals surface area contributed by atoms with Gasteiger partial charge in [-0.25, -0.2) is 4.79 Å². The summed E-state index contributed by atoms with van der Waals surface area (Å²) in [6, 6.07) is 10.9. The van der Waals surface area contributed by atoms with Crippen molar-refractivity contribution in [2.24, 2.45) is 0 Å². The van der Waals surface area contributed by atoms with Gasteiger partial charge in [-0.15, -0.1) is 0 Å². The Labute approximate surface area is 180 Å². The number of hydrogen-bond acceptors (Lipinski definition) is 6. The predicted octanol–water partition coefficient (Wildman–Crippen LogP) is 2.55. The number of carbonyl (C=O) groups excluding carboxylic acids is 3. The van der Waals surface area contributed by atoms with Crippen LogP contribution in [0.25, 0.3) is 0 Å². The molecule has 164 valence electrons. The molecule has 31 heavy (non-hydrogen) atoms. The van der Waals surface area contributed by atoms with Crippen molar-refractivity contribution < 1.29 is 28.6 Å². The van der Waals surface area contributed by atoms with E-state index in [1.165, 1.54) is 14.2 Å². The lowest BCUT2D eigenvalue weighted by atomic mass is 10.1. The van der Waals surface area contributed by atoms with Crippen LogP contribution in [0.1, 0.15) is 18.4 Å². The van der Waals surface area contributed by atoms with Crippen LogP contribution >= 0.6 is 0 Å². The SMILES string of the molecule is COc1ccc(NC(=O)CCC2NC(=O)N(Cc3ccc(OC)c(OC)c3)C2=O)cc1. The highest BCUT2D eigenvalue weighted by Crippen LogP contribution is 2.28. The van der Waals surface area contributed by atoms with Crippen molar-refractivity contribution in [3.63, 3.8) is 0 Å². The number of ether oxygens (including phenoxy) is 3. The van der Waals surface area contributed by atoms with E-state index in [2.05, 4.69) is 10.6 Å². The Bertz CT molecular complexity index is 960. The predicted molar refractivity (Wildman–Crippen MR) is 113 cm³/mol. The molecule has 1 heterocycles. The van der Waals surface area contributed by atoms with Gasteiger partial charge in [-0.2, -0.15) is 0 Å². The minimum atomic E-state index is -0.741. The van der Waals surface area contributed by atoms with Gasteiger partial charge in [-0.05, 0) is 48.4 Å². The highest BCUT2D eigenvalue weighted by molar-refractivity contribution is 6.04. The van der Waals surface area contributed by atoms with Crippen LogP contribution in [0, 0.1) is 0 Å². The molecule has 4 amide bonds. The summed E-state index contributed by atoms with van der Waals surface area (Å²) in [6.07, 6.45) is 0.294. The molecule has 0 bridgehead atoms. The van der Waals surface area contributed by atoms with E-state index in [-0.39, 0.29) is 31.2 Å². The molecule has 2 aromatic rings. The van der Waals surface area contributed by atoms with E-state index in [1.54, 1.807) is 49.6 Å². The van der Waals surface area contributed by atoms with Crippen LogP contribution in [0.4, 0.5) is 10.5 Å². The van der Waals surface area contributed by atoms with Gasteiger partial charge < -0.3 is 24.8 Å². The second-order valence-corrected chi connectivity index (χ2v) is 6.93. The second-order valence-electron chi connectivity index (χ2n) is 6.93. The fourth-order valence-electron chi connectivity index (χ4n) is 3.26. The zero-order valence-electron chi connectivity index (χ0n) is 17.6. The number of carbonyl (C=O) groups is 3. The molecule has 2 N–H and O–H groups in total. The molecule has 9 nitrogen and oxygen atoms in total. The molecule has 1 fully saturated rings. The molecule has 1 unspecified atom stereocenters. The van der Waals surface area contributed by atoms with Gasteiger partial charge in [0.1, 0.15) is 11.8 Å². The molecule has 1 aliphatic rings. The van der Waals surface area contributed by atoms with Crippen molar-refractivity contribution in [1.29, 1.82) is 0 Å². The molecule has 0 spiro atoms. The smallest absolute Gasteiger partial charge is 0.325 e. The summed E-state index contributed by atoms with van der Waals surface area (Å²) >= 11 is 0. The van der Waals surface area contributed by atoms with Crippen LogP contribution < -0.4 is 24.8 Å². The van der Waals surface area contributed by atoms with Crippen LogP contribution in [0.3, 0.4) is 0 Å². The van der Waals surface area contributed by atoms with Gasteiger partial charge in [-0.1, -0.05) is 6.07 Å². The van der Waals surface area contributed by atoms with Gasteiger partial charge in [0, 0.05) is 12.1 Å². The summed E-state index contributed by atoms with van der Waals surface area (Å²) in [5, 5.41) is 5.40. The summed E-state index contributed by atoms with van der Waals surface area (Å²) in [7, 11) is 4.61. The molecule has 0 radical (unpaired) electrons. The number of nitrogens with one attached hydrogen (secondary N) is 2. The van der Waals surface area contributed by atoms with E-state index in [0.29, 0.717) is 22.9 Å². The monoisotopic (exact) mass is 427 g/mol. The maximum Gasteiger partial charge on any atom is 0.325 e. The number of benzene rings is 2. The van der Waals surface area contributed by atoms with Crippen LogP contribution in [0.15, 0.2) is 42.5 Å². The molecule has 1 atom stereocenters. The Morgan fingerprint density at radius 1 is 1.00 bits per heavy atom. The molecule has 1 saturated heterocycles. The third kappa shape index (κ3) is 5.25. The lowest BCUT2D eigenvalue weighted by Crippen LogP contribution is -2.31. The molecular weight excluding hydrogens is 402 g/mol. The summed E-state index contributed by atoms with van der Waals surface area (Å²) in [5.41, 5.74) is 1.35. The van der Waals surface area contributed by atoms with E-state index in [4.69, 9.17) is 14.2 Å². The minimum absolute atomic E-state index is 0.0902. The summed E-state index contributed by atoms with van der Waals surface area (Å²) < 4.78 is 15.5. The molecule has 0 aliphatic carbocycles. The average molecular weight is 427 g/mol. The molecular formula is C22H25N3O6. The first-order valence-corrected chi connectivity index (χ1v) is 9.72. The first kappa shape index (κ1) is 21.9. The normalized spacial score (nSPS) is 15.5. The quantitative estimate of drug-likeness (QED) is 0.596. The second kappa shape index (κ2) is 9.84. The lowest BCUT2D eigenvalue weighted by molar-refractivity contribution is -0.128. The van der Waals surface area contributed by atoms with E-state index in [0.717, 1.165) is 10.5 Å². The number of amides is 4. The highest BCUT2D eigenvalue weighted by atomic mass is 16.5. The molecule has 1 aliphatic heterocycles. The number of nitrogens with zero attached hydrogens (tertiary/aromatic N) is 1. The van der Waals surface area contributed by atoms with Crippen LogP contribution in [0.5, 0.6) is 17.2 Å². The molecule has 3 rings (SSSR count). The zero-order chi connectivity index (χ0) is 22.4. The minimum Gasteiger partial charge on any atom is -0.497 e. The van der Waals surface area contributed by atoms with E-state index >= 15 is 0 Å². The lowest BCUT2D eigenvalue weighted by Gasteiger charge is -2.15. The van der Waals surface area contributed by atoms with Crippen LogP contribution in [0.2, 0.25) is 0 Å². The van der Waals surface area contributed by atoms with E-state index < -0.39 is 12.1 Å². The van der Waals surface area contributed by atoms with Gasteiger partial charge in [0.2, 0.25) is 5.91 Å². The first-order valence-electron chi connectivity index (χ1n) is 9.72. The van der Waals surface area contributed by atoms with Crippen molar-refractivity contribution in [1.82, 2.24) is 10.2 Å². The fraction of sp³-hybridized carbons (Fsp3) is 0.318. The maximum atomic E-state index is 12.7. The van der Waals surface area contributed by atoms with Gasteiger partial charge in [-0.3, -0.25) is 14.5 Å². The molecule has 2 aromatic carbocycles. The standard InChI is InChI=1S/C22H25N3O6/c1-29-16-7-5-15(6-8-16)23-20(26)11-9-17-21(27)25(22(28)24-17)13-14-4-10-18(30-2)19(12-14)31-3/h4-8,10,12,17H,9,11,13H2,1-3H3,(H,23,26)(H,24,28). The highest BCUT2D eigenvalue weighted by Gasteiger charge is 2.37. The Morgan fingerprint density at radius 2 is 1.71 bits per heavy atom. The number of rotatable bonds is 9. The average Bonchev–Trinajstić information content (AvgIpc) is 3.05. The van der Waals surface area contributed by atoms with Gasteiger partial charge in [0.15, 0.2) is 11.5 Å². The summed E-state index contributed by atoms with van der Waals surface area (Å²) in [4.78, 5) is 38.3. The number of urea groups is 1. The van der Waals surface area contributed by atoms with Crippen molar-refractivity contribution in [2.75, 3.05) is 26.6 Å². The first-order chi connectivity index (χ1) is 14.9. The number of hydrogen-bond donors (Lipinski definition) is 2. The van der Waals surface area contributed by atoms with Gasteiger partial charge >= 0.3 is 6.03 Å². The third-order valence-electron chi connectivity index (χ3n) is 4.93. The maximum absolute atomic E-state index is 12.7. The number of imide groups is 1. The Morgan fingerprint density at radius 3 is 2.35 bits per heavy atom. The van der Waals surface area contributed by atoms with E-state index in [9.17, 15) is 14.4 Å². The largest absolute Gasteiger partial charge is 0.497 e. The van der Waals surface area contributed by atoms with Crippen molar-refractivity contribution >= 4 is 23.5 Å². The Balaban J connectivity index is 1.55. The number of methoxy groups -OCH3 is 3. The zero-order valence-corrected chi connectivity index (χ0v) is 17.6. The van der Waals surface area contributed by atoms with Crippen LogP contribution in [-0.4, -0.2) is 50.1 Å². The van der Waals surface area contributed by atoms with Gasteiger partial charge in [0.25, 0.3) is 5.91 Å².